The van der Waals surface area contributed by atoms with Crippen LogP contribution in [0, 0.1) is 6.92 Å². The Morgan fingerprint density at radius 3 is 2.56 bits per heavy atom. The van der Waals surface area contributed by atoms with Crippen molar-refractivity contribution in [1.29, 1.82) is 0 Å². The number of urea groups is 1. The van der Waals surface area contributed by atoms with Crippen molar-refractivity contribution in [2.24, 2.45) is 0 Å². The maximum absolute atomic E-state index is 11.1. The molecule has 18 heavy (non-hydrogen) atoms. The predicted molar refractivity (Wildman–Crippen MR) is 69.8 cm³/mol. The number of carbonyl (C=O) groups excluding carboxylic acids is 1. The molecule has 0 aliphatic carbocycles. The van der Waals surface area contributed by atoms with Gasteiger partial charge < -0.3 is 20.5 Å². The maximum atomic E-state index is 11.1. The molecule has 1 aromatic carbocycles. The summed E-state index contributed by atoms with van der Waals surface area (Å²) < 4.78 is 5.51. The van der Waals surface area contributed by atoms with E-state index < -0.39 is 0 Å². The fourth-order valence-electron chi connectivity index (χ4n) is 1.33. The molecule has 2 amide bonds. The average Bonchev–Trinajstić information content (AvgIpc) is 2.38. The SMILES string of the molecule is Cc1ccc(OCCCNC(=O)NCCO)cc1. The molecule has 0 radical (unpaired) electrons. The molecule has 0 fully saturated rings. The lowest BCUT2D eigenvalue weighted by Crippen LogP contribution is -2.37. The highest BCUT2D eigenvalue weighted by molar-refractivity contribution is 5.73. The Kier molecular flexibility index (Phi) is 6.64. The van der Waals surface area contributed by atoms with E-state index in [-0.39, 0.29) is 19.2 Å². The summed E-state index contributed by atoms with van der Waals surface area (Å²) in [5.41, 5.74) is 1.20. The van der Waals surface area contributed by atoms with E-state index in [2.05, 4.69) is 10.6 Å². The van der Waals surface area contributed by atoms with Crippen LogP contribution in [0.1, 0.15) is 12.0 Å². The highest BCUT2D eigenvalue weighted by atomic mass is 16.5. The first-order valence-corrected chi connectivity index (χ1v) is 6.04. The van der Waals surface area contributed by atoms with Crippen LogP contribution in [0.2, 0.25) is 0 Å². The van der Waals surface area contributed by atoms with Crippen LogP contribution < -0.4 is 15.4 Å². The van der Waals surface area contributed by atoms with E-state index in [1.165, 1.54) is 5.56 Å². The molecule has 0 spiro atoms. The second-order valence-corrected chi connectivity index (χ2v) is 3.92. The lowest BCUT2D eigenvalue weighted by atomic mass is 10.2. The summed E-state index contributed by atoms with van der Waals surface area (Å²) in [7, 11) is 0. The van der Waals surface area contributed by atoms with Crippen molar-refractivity contribution in [3.63, 3.8) is 0 Å². The van der Waals surface area contributed by atoms with Gasteiger partial charge in [-0.2, -0.15) is 0 Å². The zero-order valence-corrected chi connectivity index (χ0v) is 10.6. The molecule has 0 atom stereocenters. The Morgan fingerprint density at radius 2 is 1.89 bits per heavy atom. The van der Waals surface area contributed by atoms with Crippen molar-refractivity contribution in [2.75, 3.05) is 26.3 Å². The quantitative estimate of drug-likeness (QED) is 0.635. The first kappa shape index (κ1) is 14.3. The van der Waals surface area contributed by atoms with E-state index in [4.69, 9.17) is 9.84 Å². The van der Waals surface area contributed by atoms with E-state index in [1.54, 1.807) is 0 Å². The molecule has 1 rings (SSSR count). The monoisotopic (exact) mass is 252 g/mol. The normalized spacial score (nSPS) is 9.89. The fourth-order valence-corrected chi connectivity index (χ4v) is 1.33. The molecule has 5 nitrogen and oxygen atoms in total. The number of hydrogen-bond donors (Lipinski definition) is 3. The van der Waals surface area contributed by atoms with E-state index in [0.717, 1.165) is 12.2 Å². The number of aryl methyl sites for hydroxylation is 1. The van der Waals surface area contributed by atoms with Gasteiger partial charge in [0.05, 0.1) is 13.2 Å². The molecule has 0 heterocycles. The first-order valence-electron chi connectivity index (χ1n) is 6.04. The molecule has 3 N–H and O–H groups in total. The Morgan fingerprint density at radius 1 is 1.22 bits per heavy atom. The van der Waals surface area contributed by atoms with Gasteiger partial charge in [0, 0.05) is 13.1 Å². The lowest BCUT2D eigenvalue weighted by molar-refractivity contribution is 0.232. The lowest BCUT2D eigenvalue weighted by Gasteiger charge is -2.08. The zero-order chi connectivity index (χ0) is 13.2. The molecule has 0 saturated heterocycles. The highest BCUT2D eigenvalue weighted by Gasteiger charge is 1.98. The van der Waals surface area contributed by atoms with E-state index in [9.17, 15) is 4.79 Å². The smallest absolute Gasteiger partial charge is 0.314 e. The molecule has 5 heteroatoms. The van der Waals surface area contributed by atoms with E-state index >= 15 is 0 Å². The minimum atomic E-state index is -0.264. The predicted octanol–water partition coefficient (Wildman–Crippen LogP) is 1.06. The van der Waals surface area contributed by atoms with Gasteiger partial charge >= 0.3 is 6.03 Å². The van der Waals surface area contributed by atoms with Crippen LogP contribution in [0.15, 0.2) is 24.3 Å². The van der Waals surface area contributed by atoms with Crippen molar-refractivity contribution >= 4 is 6.03 Å². The van der Waals surface area contributed by atoms with Gasteiger partial charge in [0.2, 0.25) is 0 Å². The molecule has 0 aromatic heterocycles. The second kappa shape index (κ2) is 8.36. The average molecular weight is 252 g/mol. The molecule has 0 saturated carbocycles. The summed E-state index contributed by atoms with van der Waals surface area (Å²) in [5.74, 6) is 0.838. The number of carbonyl (C=O) groups is 1. The van der Waals surface area contributed by atoms with E-state index in [0.29, 0.717) is 13.2 Å². The third-order valence-electron chi connectivity index (χ3n) is 2.29. The van der Waals surface area contributed by atoms with Crippen LogP contribution in [0.25, 0.3) is 0 Å². The summed E-state index contributed by atoms with van der Waals surface area (Å²) in [5, 5.41) is 13.7. The molecular formula is C13H20N2O3. The number of rotatable bonds is 7. The highest BCUT2D eigenvalue weighted by Crippen LogP contribution is 2.11. The van der Waals surface area contributed by atoms with Gasteiger partial charge in [-0.1, -0.05) is 17.7 Å². The van der Waals surface area contributed by atoms with Crippen LogP contribution in [0.3, 0.4) is 0 Å². The minimum Gasteiger partial charge on any atom is -0.494 e. The minimum absolute atomic E-state index is 0.0516. The Bertz CT molecular complexity index is 352. The van der Waals surface area contributed by atoms with Gasteiger partial charge in [-0.05, 0) is 25.5 Å². The summed E-state index contributed by atoms with van der Waals surface area (Å²) in [6.45, 7) is 3.35. The van der Waals surface area contributed by atoms with Crippen molar-refractivity contribution in [2.45, 2.75) is 13.3 Å². The van der Waals surface area contributed by atoms with Crippen LogP contribution in [-0.2, 0) is 0 Å². The third kappa shape index (κ3) is 6.10. The van der Waals surface area contributed by atoms with Crippen LogP contribution in [0.5, 0.6) is 5.75 Å². The van der Waals surface area contributed by atoms with Crippen LogP contribution in [-0.4, -0.2) is 37.4 Å². The van der Waals surface area contributed by atoms with Crippen LogP contribution in [0.4, 0.5) is 4.79 Å². The van der Waals surface area contributed by atoms with Crippen molar-refractivity contribution < 1.29 is 14.6 Å². The maximum Gasteiger partial charge on any atom is 0.314 e. The van der Waals surface area contributed by atoms with Crippen LogP contribution >= 0.6 is 0 Å². The second-order valence-electron chi connectivity index (χ2n) is 3.92. The number of aliphatic hydroxyl groups is 1. The summed E-state index contributed by atoms with van der Waals surface area (Å²) in [6.07, 6.45) is 0.737. The van der Waals surface area contributed by atoms with Gasteiger partial charge in [-0.25, -0.2) is 4.79 Å². The van der Waals surface area contributed by atoms with Crippen molar-refractivity contribution in [1.82, 2.24) is 10.6 Å². The molecule has 0 unspecified atom stereocenters. The Labute approximate surface area is 107 Å². The van der Waals surface area contributed by atoms with Gasteiger partial charge in [-0.3, -0.25) is 0 Å². The number of ether oxygens (including phenoxy) is 1. The largest absolute Gasteiger partial charge is 0.494 e. The number of hydrogen-bond acceptors (Lipinski definition) is 3. The molecule has 1 aromatic rings. The third-order valence-corrected chi connectivity index (χ3v) is 2.29. The fraction of sp³-hybridized carbons (Fsp3) is 0.462. The van der Waals surface area contributed by atoms with Gasteiger partial charge in [0.25, 0.3) is 0 Å². The first-order chi connectivity index (χ1) is 8.72. The topological polar surface area (TPSA) is 70.6 Å². The molecule has 100 valence electrons. The number of aliphatic hydroxyl groups excluding tert-OH is 1. The molecule has 0 aliphatic heterocycles. The van der Waals surface area contributed by atoms with Gasteiger partial charge in [0.1, 0.15) is 5.75 Å². The number of amides is 2. The molecule has 0 aliphatic rings. The Hall–Kier alpha value is -1.75. The summed E-state index contributed by atoms with van der Waals surface area (Å²) in [4.78, 5) is 11.1. The standard InChI is InChI=1S/C13H20N2O3/c1-11-3-5-12(6-4-11)18-10-2-7-14-13(17)15-8-9-16/h3-6,16H,2,7-10H2,1H3,(H2,14,15,17). The molecule has 0 bridgehead atoms. The Balaban J connectivity index is 2.05. The summed E-state index contributed by atoms with van der Waals surface area (Å²) in [6, 6.07) is 7.58. The summed E-state index contributed by atoms with van der Waals surface area (Å²) >= 11 is 0. The van der Waals surface area contributed by atoms with E-state index in [1.807, 2.05) is 31.2 Å². The van der Waals surface area contributed by atoms with Crippen molar-refractivity contribution in [3.8, 4) is 5.75 Å². The zero-order valence-electron chi connectivity index (χ0n) is 10.6. The molecular weight excluding hydrogens is 232 g/mol. The van der Waals surface area contributed by atoms with Gasteiger partial charge in [0.15, 0.2) is 0 Å². The number of nitrogens with one attached hydrogen (secondary N) is 2. The van der Waals surface area contributed by atoms with Gasteiger partial charge in [-0.15, -0.1) is 0 Å². The number of benzene rings is 1. The van der Waals surface area contributed by atoms with Crippen molar-refractivity contribution in [3.05, 3.63) is 29.8 Å².